The predicted octanol–water partition coefficient (Wildman–Crippen LogP) is 3.65. The fourth-order valence-electron chi connectivity index (χ4n) is 4.21. The summed E-state index contributed by atoms with van der Waals surface area (Å²) in [6.07, 6.45) is 2.42. The summed E-state index contributed by atoms with van der Waals surface area (Å²) in [6, 6.07) is 18.7. The lowest BCUT2D eigenvalue weighted by Gasteiger charge is -2.28. The van der Waals surface area contributed by atoms with Gasteiger partial charge in [0.2, 0.25) is 4.77 Å². The Kier molecular flexibility index (Phi) is 5.03. The molecule has 0 saturated carbocycles. The highest BCUT2D eigenvalue weighted by Gasteiger charge is 2.27. The largest absolute Gasteiger partial charge is 0.316 e. The summed E-state index contributed by atoms with van der Waals surface area (Å²) < 4.78 is 6.07. The van der Waals surface area contributed by atoms with Gasteiger partial charge in [-0.3, -0.25) is 0 Å². The third-order valence-electron chi connectivity index (χ3n) is 5.72. The van der Waals surface area contributed by atoms with E-state index in [1.54, 1.807) is 0 Å². The first-order valence-corrected chi connectivity index (χ1v) is 11.3. The van der Waals surface area contributed by atoms with E-state index in [0.29, 0.717) is 5.92 Å². The molecule has 0 spiro atoms. The van der Waals surface area contributed by atoms with Gasteiger partial charge in [0.15, 0.2) is 12.5 Å². The number of thiazole rings is 1. The Morgan fingerprint density at radius 1 is 1.14 bits per heavy atom. The quantitative estimate of drug-likeness (QED) is 0.511. The van der Waals surface area contributed by atoms with Crippen LogP contribution < -0.4 is 4.90 Å². The summed E-state index contributed by atoms with van der Waals surface area (Å²) in [6.45, 7) is 3.04. The molecule has 1 aliphatic rings. The number of para-hydroxylation sites is 1. The molecule has 5 rings (SSSR count). The molecule has 3 heterocycles. The van der Waals surface area contributed by atoms with Crippen LogP contribution >= 0.6 is 23.6 Å². The Labute approximate surface area is 179 Å². The zero-order chi connectivity index (χ0) is 19.8. The van der Waals surface area contributed by atoms with E-state index < -0.39 is 0 Å². The fourth-order valence-corrected chi connectivity index (χ4v) is 5.51. The van der Waals surface area contributed by atoms with E-state index in [9.17, 15) is 0 Å². The van der Waals surface area contributed by atoms with Crippen molar-refractivity contribution in [1.29, 1.82) is 0 Å². The first kappa shape index (κ1) is 18.7. The lowest BCUT2D eigenvalue weighted by Crippen LogP contribution is -3.12. The van der Waals surface area contributed by atoms with Crippen molar-refractivity contribution in [2.45, 2.75) is 25.4 Å². The average molecular weight is 423 g/mol. The monoisotopic (exact) mass is 422 g/mol. The molecule has 7 heteroatoms. The molecular formula is C22H24N5S2+. The molecule has 0 radical (unpaired) electrons. The number of piperidine rings is 1. The van der Waals surface area contributed by atoms with Crippen LogP contribution in [0.25, 0.3) is 21.6 Å². The third kappa shape index (κ3) is 3.66. The number of aromatic nitrogens is 4. The second kappa shape index (κ2) is 7.82. The van der Waals surface area contributed by atoms with Gasteiger partial charge in [0, 0.05) is 12.6 Å². The van der Waals surface area contributed by atoms with Crippen molar-refractivity contribution < 1.29 is 4.90 Å². The van der Waals surface area contributed by atoms with Crippen LogP contribution in [0.3, 0.4) is 0 Å². The molecule has 0 aliphatic carbocycles. The Morgan fingerprint density at radius 2 is 1.93 bits per heavy atom. The van der Waals surface area contributed by atoms with Crippen molar-refractivity contribution in [3.8, 4) is 11.4 Å². The van der Waals surface area contributed by atoms with Gasteiger partial charge in [-0.25, -0.2) is 4.98 Å². The lowest BCUT2D eigenvalue weighted by atomic mass is 9.99. The summed E-state index contributed by atoms with van der Waals surface area (Å²) in [4.78, 5) is 6.43. The van der Waals surface area contributed by atoms with Crippen molar-refractivity contribution in [2.75, 3.05) is 13.1 Å². The van der Waals surface area contributed by atoms with Crippen LogP contribution in [0.1, 0.15) is 23.8 Å². The van der Waals surface area contributed by atoms with Crippen LogP contribution in [-0.4, -0.2) is 32.4 Å². The van der Waals surface area contributed by atoms with Crippen LogP contribution in [0.15, 0.2) is 54.6 Å². The highest BCUT2D eigenvalue weighted by molar-refractivity contribution is 7.71. The van der Waals surface area contributed by atoms with Gasteiger partial charge >= 0.3 is 0 Å². The number of quaternary nitrogens is 1. The van der Waals surface area contributed by atoms with Gasteiger partial charge in [0.05, 0.1) is 29.2 Å². The predicted molar refractivity (Wildman–Crippen MR) is 120 cm³/mol. The van der Waals surface area contributed by atoms with Crippen LogP contribution in [0.5, 0.6) is 0 Å². The Hall–Kier alpha value is -2.35. The molecule has 0 bridgehead atoms. The average Bonchev–Trinajstić information content (AvgIpc) is 3.31. The van der Waals surface area contributed by atoms with Gasteiger partial charge in [0.25, 0.3) is 0 Å². The summed E-state index contributed by atoms with van der Waals surface area (Å²) in [5.74, 6) is 1.44. The standard InChI is InChI=1S/C22H23N5S2/c1-25-20(16-8-3-2-4-9-16)24-27(22(25)28)15-26-13-7-10-17(14-26)21-23-18-11-5-6-12-19(18)29-21/h2-6,8-9,11-12,17H,7,10,13-15H2,1H3/p+1/t17-/m0/s1. The van der Waals surface area contributed by atoms with Crippen molar-refractivity contribution in [3.05, 3.63) is 64.4 Å². The number of hydrogen-bond donors (Lipinski definition) is 1. The number of likely N-dealkylation sites (tertiary alicyclic amines) is 1. The van der Waals surface area contributed by atoms with Gasteiger partial charge in [0.1, 0.15) is 5.01 Å². The van der Waals surface area contributed by atoms with Gasteiger partial charge < -0.3 is 9.47 Å². The number of rotatable bonds is 4. The minimum atomic E-state index is 0.516. The summed E-state index contributed by atoms with van der Waals surface area (Å²) in [7, 11) is 2.00. The van der Waals surface area contributed by atoms with Gasteiger partial charge in [-0.2, -0.15) is 4.68 Å². The van der Waals surface area contributed by atoms with Crippen LogP contribution in [0.4, 0.5) is 0 Å². The highest BCUT2D eigenvalue weighted by atomic mass is 32.1. The maximum absolute atomic E-state index is 5.69. The van der Waals surface area contributed by atoms with Gasteiger partial charge in [-0.1, -0.05) is 42.5 Å². The lowest BCUT2D eigenvalue weighted by molar-refractivity contribution is -0.929. The minimum Gasteiger partial charge on any atom is -0.316 e. The highest BCUT2D eigenvalue weighted by Crippen LogP contribution is 2.30. The van der Waals surface area contributed by atoms with E-state index >= 15 is 0 Å². The van der Waals surface area contributed by atoms with Gasteiger partial charge in [-0.05, 0) is 37.2 Å². The maximum Gasteiger partial charge on any atom is 0.202 e. The van der Waals surface area contributed by atoms with E-state index in [4.69, 9.17) is 22.3 Å². The molecule has 2 aromatic carbocycles. The summed E-state index contributed by atoms with van der Waals surface area (Å²) in [5, 5.41) is 6.12. The SMILES string of the molecule is Cn1c(-c2ccccc2)nn(C[NH+]2CCC[C@H](c3nc4ccccc4s3)C2)c1=S. The van der Waals surface area contributed by atoms with Crippen molar-refractivity contribution in [1.82, 2.24) is 19.3 Å². The minimum absolute atomic E-state index is 0.516. The Balaban J connectivity index is 1.36. The van der Waals surface area contributed by atoms with E-state index in [1.807, 2.05) is 45.8 Å². The zero-order valence-corrected chi connectivity index (χ0v) is 18.0. The topological polar surface area (TPSA) is 40.1 Å². The molecule has 0 amide bonds. The van der Waals surface area contributed by atoms with E-state index in [2.05, 4.69) is 36.4 Å². The van der Waals surface area contributed by atoms with Crippen LogP contribution in [0, 0.1) is 4.77 Å². The number of nitrogens with zero attached hydrogens (tertiary/aromatic N) is 4. The van der Waals surface area contributed by atoms with Crippen molar-refractivity contribution in [2.24, 2.45) is 7.05 Å². The molecular weight excluding hydrogens is 398 g/mol. The molecule has 4 aromatic rings. The molecule has 29 heavy (non-hydrogen) atoms. The van der Waals surface area contributed by atoms with E-state index in [1.165, 1.54) is 27.4 Å². The Bertz CT molecular complexity index is 1160. The number of hydrogen-bond acceptors (Lipinski definition) is 4. The number of fused-ring (bicyclic) bond motifs is 1. The van der Waals surface area contributed by atoms with Crippen LogP contribution in [0.2, 0.25) is 0 Å². The molecule has 2 aromatic heterocycles. The second-order valence-corrected chi connectivity index (χ2v) is 9.18. The van der Waals surface area contributed by atoms with E-state index in [-0.39, 0.29) is 0 Å². The molecule has 1 saturated heterocycles. The molecule has 1 N–H and O–H groups in total. The van der Waals surface area contributed by atoms with Crippen molar-refractivity contribution >= 4 is 33.8 Å². The second-order valence-electron chi connectivity index (χ2n) is 7.75. The normalized spacial score (nSPS) is 19.6. The summed E-state index contributed by atoms with van der Waals surface area (Å²) >= 11 is 7.54. The first-order valence-electron chi connectivity index (χ1n) is 10.1. The molecule has 5 nitrogen and oxygen atoms in total. The molecule has 2 atom stereocenters. The van der Waals surface area contributed by atoms with Gasteiger partial charge in [-0.15, -0.1) is 16.4 Å². The zero-order valence-electron chi connectivity index (χ0n) is 16.4. The van der Waals surface area contributed by atoms with E-state index in [0.717, 1.165) is 41.4 Å². The molecule has 148 valence electrons. The fraction of sp³-hybridized carbons (Fsp3) is 0.318. The smallest absolute Gasteiger partial charge is 0.202 e. The first-order chi connectivity index (χ1) is 14.2. The number of nitrogens with one attached hydrogen (secondary N) is 1. The molecule has 1 unspecified atom stereocenters. The summed E-state index contributed by atoms with van der Waals surface area (Å²) in [5.41, 5.74) is 2.22. The Morgan fingerprint density at radius 3 is 2.76 bits per heavy atom. The third-order valence-corrected chi connectivity index (χ3v) is 7.41. The molecule has 1 fully saturated rings. The van der Waals surface area contributed by atoms with Crippen molar-refractivity contribution in [3.63, 3.8) is 0 Å². The molecule has 1 aliphatic heterocycles. The maximum atomic E-state index is 5.69. The number of benzene rings is 2. The van der Waals surface area contributed by atoms with Crippen LogP contribution in [-0.2, 0) is 13.7 Å².